The van der Waals surface area contributed by atoms with E-state index in [4.69, 9.17) is 4.42 Å². The molecule has 0 bridgehead atoms. The lowest BCUT2D eigenvalue weighted by Gasteiger charge is -2.39. The smallest absolute Gasteiger partial charge is 0.227 e. The highest BCUT2D eigenvalue weighted by molar-refractivity contribution is 5.78. The number of hydrogen-bond donors (Lipinski definition) is 0. The zero-order valence-electron chi connectivity index (χ0n) is 12.4. The molecule has 1 amide bonds. The van der Waals surface area contributed by atoms with Crippen molar-refractivity contribution in [3.8, 4) is 0 Å². The molecule has 0 spiro atoms. The molecule has 1 saturated heterocycles. The van der Waals surface area contributed by atoms with Gasteiger partial charge < -0.3 is 13.9 Å². The van der Waals surface area contributed by atoms with E-state index < -0.39 is 0 Å². The Morgan fingerprint density at radius 3 is 2.95 bits per heavy atom. The zero-order chi connectivity index (χ0) is 14.8. The van der Waals surface area contributed by atoms with Gasteiger partial charge in [-0.05, 0) is 18.7 Å². The number of nitrogens with zero attached hydrogens (tertiary/aromatic N) is 4. The van der Waals surface area contributed by atoms with Crippen LogP contribution in [0.3, 0.4) is 0 Å². The highest BCUT2D eigenvalue weighted by atomic mass is 16.3. The van der Waals surface area contributed by atoms with Crippen LogP contribution in [0.2, 0.25) is 0 Å². The SMILES string of the molecule is CN1CCN(C(=O)Cc2ccoc2)C[C@@H]1c1nccn1C. The van der Waals surface area contributed by atoms with Gasteiger partial charge in [0.05, 0.1) is 25.0 Å². The summed E-state index contributed by atoms with van der Waals surface area (Å²) in [7, 11) is 4.07. The molecule has 6 heteroatoms. The van der Waals surface area contributed by atoms with Crippen molar-refractivity contribution in [1.82, 2.24) is 19.4 Å². The Bertz CT molecular complexity index is 605. The molecule has 0 aromatic carbocycles. The molecule has 2 aromatic heterocycles. The summed E-state index contributed by atoms with van der Waals surface area (Å²) >= 11 is 0. The minimum Gasteiger partial charge on any atom is -0.472 e. The standard InChI is InChI=1S/C15H20N4O2/c1-17-6-7-19(14(20)9-12-3-8-21-11-12)10-13(17)15-16-4-5-18(15)2/h3-5,8,11,13H,6-7,9-10H2,1-2H3/t13-/m1/s1. The van der Waals surface area contributed by atoms with Crippen molar-refractivity contribution in [2.75, 3.05) is 26.7 Å². The van der Waals surface area contributed by atoms with E-state index in [1.165, 1.54) is 0 Å². The number of rotatable bonds is 3. The lowest BCUT2D eigenvalue weighted by atomic mass is 10.1. The number of furan rings is 1. The number of likely N-dealkylation sites (N-methyl/N-ethyl adjacent to an activating group) is 1. The van der Waals surface area contributed by atoms with Gasteiger partial charge in [-0.2, -0.15) is 0 Å². The third-order valence-electron chi connectivity index (χ3n) is 4.09. The monoisotopic (exact) mass is 288 g/mol. The van der Waals surface area contributed by atoms with Gasteiger partial charge in [0, 0.05) is 39.1 Å². The summed E-state index contributed by atoms with van der Waals surface area (Å²) in [6.45, 7) is 2.29. The maximum Gasteiger partial charge on any atom is 0.227 e. The van der Waals surface area contributed by atoms with Crippen LogP contribution >= 0.6 is 0 Å². The van der Waals surface area contributed by atoms with E-state index in [1.54, 1.807) is 18.7 Å². The van der Waals surface area contributed by atoms with Crippen molar-refractivity contribution in [2.24, 2.45) is 7.05 Å². The van der Waals surface area contributed by atoms with Gasteiger partial charge in [0.2, 0.25) is 5.91 Å². The highest BCUT2D eigenvalue weighted by Crippen LogP contribution is 2.22. The molecule has 1 fully saturated rings. The van der Waals surface area contributed by atoms with E-state index in [-0.39, 0.29) is 11.9 Å². The molecule has 0 aliphatic carbocycles. The van der Waals surface area contributed by atoms with Crippen LogP contribution in [0, 0.1) is 0 Å². The lowest BCUT2D eigenvalue weighted by Crippen LogP contribution is -2.50. The third-order valence-corrected chi connectivity index (χ3v) is 4.09. The molecule has 1 aliphatic heterocycles. The summed E-state index contributed by atoms with van der Waals surface area (Å²) in [5.41, 5.74) is 0.924. The summed E-state index contributed by atoms with van der Waals surface area (Å²) in [6.07, 6.45) is 7.37. The first-order valence-electron chi connectivity index (χ1n) is 7.11. The van der Waals surface area contributed by atoms with Gasteiger partial charge in [0.15, 0.2) is 0 Å². The Hall–Kier alpha value is -2.08. The van der Waals surface area contributed by atoms with Gasteiger partial charge in [-0.15, -0.1) is 0 Å². The van der Waals surface area contributed by atoms with E-state index in [1.807, 2.05) is 28.8 Å². The van der Waals surface area contributed by atoms with E-state index in [0.29, 0.717) is 13.0 Å². The molecular formula is C15H20N4O2. The van der Waals surface area contributed by atoms with Crippen LogP contribution in [0.1, 0.15) is 17.4 Å². The quantitative estimate of drug-likeness (QED) is 0.848. The lowest BCUT2D eigenvalue weighted by molar-refractivity contribution is -0.133. The average molecular weight is 288 g/mol. The van der Waals surface area contributed by atoms with Crippen molar-refractivity contribution in [3.63, 3.8) is 0 Å². The van der Waals surface area contributed by atoms with Crippen molar-refractivity contribution >= 4 is 5.91 Å². The Kier molecular flexibility index (Phi) is 3.79. The molecule has 0 unspecified atom stereocenters. The van der Waals surface area contributed by atoms with Crippen molar-refractivity contribution in [2.45, 2.75) is 12.5 Å². The predicted molar refractivity (Wildman–Crippen MR) is 77.6 cm³/mol. The summed E-state index contributed by atoms with van der Waals surface area (Å²) in [5.74, 6) is 1.14. The fourth-order valence-corrected chi connectivity index (χ4v) is 2.76. The molecule has 0 radical (unpaired) electrons. The number of aryl methyl sites for hydroxylation is 1. The topological polar surface area (TPSA) is 54.5 Å². The van der Waals surface area contributed by atoms with Crippen molar-refractivity contribution in [1.29, 1.82) is 0 Å². The summed E-state index contributed by atoms with van der Waals surface area (Å²) in [4.78, 5) is 21.0. The molecule has 3 rings (SSSR count). The normalized spacial score (nSPS) is 19.9. The van der Waals surface area contributed by atoms with Crippen molar-refractivity contribution < 1.29 is 9.21 Å². The van der Waals surface area contributed by atoms with E-state index in [9.17, 15) is 4.79 Å². The number of aromatic nitrogens is 2. The van der Waals surface area contributed by atoms with E-state index in [0.717, 1.165) is 24.5 Å². The second kappa shape index (κ2) is 5.73. The van der Waals surface area contributed by atoms with Crippen LogP contribution in [0.15, 0.2) is 35.4 Å². The first kappa shape index (κ1) is 13.9. The molecule has 1 atom stereocenters. The third kappa shape index (κ3) is 2.85. The zero-order valence-corrected chi connectivity index (χ0v) is 12.4. The van der Waals surface area contributed by atoms with Crippen LogP contribution in [0.25, 0.3) is 0 Å². The van der Waals surface area contributed by atoms with Crippen LogP contribution in [0.5, 0.6) is 0 Å². The number of amides is 1. The fourth-order valence-electron chi connectivity index (χ4n) is 2.76. The first-order chi connectivity index (χ1) is 10.1. The van der Waals surface area contributed by atoms with Crippen LogP contribution in [0.4, 0.5) is 0 Å². The average Bonchev–Trinajstić information content (AvgIpc) is 3.11. The molecule has 3 heterocycles. The van der Waals surface area contributed by atoms with Gasteiger partial charge in [0.25, 0.3) is 0 Å². The Morgan fingerprint density at radius 2 is 2.29 bits per heavy atom. The fraction of sp³-hybridized carbons (Fsp3) is 0.467. The Labute approximate surface area is 124 Å². The molecule has 0 N–H and O–H groups in total. The molecule has 0 saturated carbocycles. The number of carbonyl (C=O) groups excluding carboxylic acids is 1. The van der Waals surface area contributed by atoms with Gasteiger partial charge in [0.1, 0.15) is 5.82 Å². The van der Waals surface area contributed by atoms with E-state index >= 15 is 0 Å². The number of hydrogen-bond acceptors (Lipinski definition) is 4. The Balaban J connectivity index is 1.70. The number of imidazole rings is 1. The van der Waals surface area contributed by atoms with Gasteiger partial charge in [-0.25, -0.2) is 4.98 Å². The molecular weight excluding hydrogens is 268 g/mol. The Morgan fingerprint density at radius 1 is 1.43 bits per heavy atom. The minimum absolute atomic E-state index is 0.142. The van der Waals surface area contributed by atoms with Gasteiger partial charge >= 0.3 is 0 Å². The van der Waals surface area contributed by atoms with Gasteiger partial charge in [-0.1, -0.05) is 0 Å². The predicted octanol–water partition coefficient (Wildman–Crippen LogP) is 1.07. The summed E-state index contributed by atoms with van der Waals surface area (Å²) in [5, 5.41) is 0. The summed E-state index contributed by atoms with van der Waals surface area (Å²) < 4.78 is 7.04. The summed E-state index contributed by atoms with van der Waals surface area (Å²) in [6, 6.07) is 1.98. The number of carbonyl (C=O) groups is 1. The van der Waals surface area contributed by atoms with Crippen LogP contribution in [-0.4, -0.2) is 51.9 Å². The molecule has 112 valence electrons. The molecule has 6 nitrogen and oxygen atoms in total. The maximum atomic E-state index is 12.4. The minimum atomic E-state index is 0.142. The maximum absolute atomic E-state index is 12.4. The first-order valence-corrected chi connectivity index (χ1v) is 7.11. The van der Waals surface area contributed by atoms with E-state index in [2.05, 4.69) is 16.9 Å². The molecule has 21 heavy (non-hydrogen) atoms. The number of piperazine rings is 1. The van der Waals surface area contributed by atoms with Crippen LogP contribution < -0.4 is 0 Å². The molecule has 1 aliphatic rings. The van der Waals surface area contributed by atoms with Gasteiger partial charge in [-0.3, -0.25) is 9.69 Å². The van der Waals surface area contributed by atoms with Crippen LogP contribution in [-0.2, 0) is 18.3 Å². The largest absolute Gasteiger partial charge is 0.472 e. The van der Waals surface area contributed by atoms with Crippen molar-refractivity contribution in [3.05, 3.63) is 42.4 Å². The molecule has 2 aromatic rings. The highest BCUT2D eigenvalue weighted by Gasteiger charge is 2.30. The second-order valence-corrected chi connectivity index (χ2v) is 5.54. The second-order valence-electron chi connectivity index (χ2n) is 5.54.